The number of aromatic nitrogens is 2. The number of benzene rings is 2. The van der Waals surface area contributed by atoms with Gasteiger partial charge in [0.15, 0.2) is 0 Å². The number of amides is 1. The number of H-pyrrole nitrogens is 1. The molecule has 0 fully saturated rings. The van der Waals surface area contributed by atoms with Crippen LogP contribution in [0.1, 0.15) is 36.7 Å². The average molecular weight is 352 g/mol. The highest BCUT2D eigenvalue weighted by molar-refractivity contribution is 6.11. The van der Waals surface area contributed by atoms with Crippen molar-refractivity contribution in [2.24, 2.45) is 11.1 Å². The second-order valence-corrected chi connectivity index (χ2v) is 7.64. The Morgan fingerprint density at radius 2 is 1.92 bits per heavy atom. The predicted octanol–water partition coefficient (Wildman–Crippen LogP) is 3.09. The first-order chi connectivity index (χ1) is 12.3. The van der Waals surface area contributed by atoms with Gasteiger partial charge >= 0.3 is 5.69 Å². The van der Waals surface area contributed by atoms with E-state index in [9.17, 15) is 9.59 Å². The molecule has 0 aliphatic carbocycles. The normalized spacial score (nSPS) is 11.7. The lowest BCUT2D eigenvalue weighted by atomic mass is 9.96. The van der Waals surface area contributed by atoms with Crippen molar-refractivity contribution in [2.75, 3.05) is 5.32 Å². The van der Waals surface area contributed by atoms with Gasteiger partial charge < -0.3 is 16.0 Å². The largest absolute Gasteiger partial charge is 0.326 e. The first kappa shape index (κ1) is 17.9. The maximum atomic E-state index is 12.9. The van der Waals surface area contributed by atoms with Gasteiger partial charge in [-0.1, -0.05) is 39.0 Å². The number of hydrogen-bond acceptors (Lipinski definition) is 3. The summed E-state index contributed by atoms with van der Waals surface area (Å²) >= 11 is 0. The summed E-state index contributed by atoms with van der Waals surface area (Å²) in [6, 6.07) is 12.7. The highest BCUT2D eigenvalue weighted by Crippen LogP contribution is 2.22. The van der Waals surface area contributed by atoms with Gasteiger partial charge in [-0.25, -0.2) is 4.79 Å². The molecule has 1 aromatic heterocycles. The fourth-order valence-electron chi connectivity index (χ4n) is 3.00. The third-order valence-corrected chi connectivity index (χ3v) is 4.09. The number of fused-ring (bicyclic) bond motifs is 1. The topological polar surface area (TPSA) is 92.9 Å². The first-order valence-corrected chi connectivity index (χ1v) is 8.60. The molecule has 0 bridgehead atoms. The van der Waals surface area contributed by atoms with Crippen molar-refractivity contribution in [3.63, 3.8) is 0 Å². The number of nitrogens with two attached hydrogens (primary N) is 1. The minimum atomic E-state index is -0.258. The van der Waals surface area contributed by atoms with Crippen LogP contribution in [-0.2, 0) is 13.1 Å². The van der Waals surface area contributed by atoms with Crippen molar-refractivity contribution in [1.82, 2.24) is 9.55 Å². The standard InChI is InChI=1S/C20H24N4O2/c1-20(2,3)12-24-17-15(8-5-9-16(17)23-19(24)26)18(25)22-14-7-4-6-13(10-14)11-21/h4-10H,11-12,21H2,1-3H3,(H,22,25)(H,23,26). The van der Waals surface area contributed by atoms with Crippen LogP contribution in [-0.4, -0.2) is 15.5 Å². The number of aromatic amines is 1. The smallest absolute Gasteiger partial charge is 0.326 e. The number of anilines is 1. The van der Waals surface area contributed by atoms with Crippen molar-refractivity contribution in [2.45, 2.75) is 33.9 Å². The zero-order chi connectivity index (χ0) is 18.9. The lowest BCUT2D eigenvalue weighted by Crippen LogP contribution is -2.25. The van der Waals surface area contributed by atoms with Gasteiger partial charge in [0, 0.05) is 18.8 Å². The molecule has 0 atom stereocenters. The van der Waals surface area contributed by atoms with Gasteiger partial charge in [-0.3, -0.25) is 9.36 Å². The van der Waals surface area contributed by atoms with E-state index in [1.807, 2.05) is 30.3 Å². The van der Waals surface area contributed by atoms with Crippen LogP contribution in [0.2, 0.25) is 0 Å². The number of imidazole rings is 1. The van der Waals surface area contributed by atoms with Gasteiger partial charge in [0.1, 0.15) is 0 Å². The number of nitrogens with zero attached hydrogens (tertiary/aromatic N) is 1. The molecule has 0 unspecified atom stereocenters. The number of carbonyl (C=O) groups is 1. The molecular weight excluding hydrogens is 328 g/mol. The van der Waals surface area contributed by atoms with E-state index < -0.39 is 0 Å². The lowest BCUT2D eigenvalue weighted by molar-refractivity contribution is 0.102. The van der Waals surface area contributed by atoms with Crippen LogP contribution in [0.4, 0.5) is 5.69 Å². The third kappa shape index (κ3) is 3.70. The molecule has 0 radical (unpaired) electrons. The molecular formula is C20H24N4O2. The average Bonchev–Trinajstić information content (AvgIpc) is 2.89. The van der Waals surface area contributed by atoms with E-state index >= 15 is 0 Å². The molecule has 3 aromatic rings. The van der Waals surface area contributed by atoms with E-state index in [-0.39, 0.29) is 17.0 Å². The quantitative estimate of drug-likeness (QED) is 0.673. The van der Waals surface area contributed by atoms with Crippen LogP contribution < -0.4 is 16.7 Å². The van der Waals surface area contributed by atoms with E-state index in [2.05, 4.69) is 31.1 Å². The molecule has 136 valence electrons. The van der Waals surface area contributed by atoms with Crippen molar-refractivity contribution in [3.05, 3.63) is 64.1 Å². The summed E-state index contributed by atoms with van der Waals surface area (Å²) < 4.78 is 1.64. The van der Waals surface area contributed by atoms with Crippen LogP contribution in [0.3, 0.4) is 0 Å². The Hall–Kier alpha value is -2.86. The Kier molecular flexibility index (Phi) is 4.70. The predicted molar refractivity (Wildman–Crippen MR) is 104 cm³/mol. The highest BCUT2D eigenvalue weighted by atomic mass is 16.2. The number of para-hydroxylation sites is 1. The van der Waals surface area contributed by atoms with Crippen molar-refractivity contribution in [1.29, 1.82) is 0 Å². The minimum absolute atomic E-state index is 0.0992. The van der Waals surface area contributed by atoms with Gasteiger partial charge in [0.2, 0.25) is 0 Å². The Bertz CT molecular complexity index is 1010. The summed E-state index contributed by atoms with van der Waals surface area (Å²) in [4.78, 5) is 28.1. The Labute approximate surface area is 152 Å². The van der Waals surface area contributed by atoms with E-state index in [1.165, 1.54) is 0 Å². The van der Waals surface area contributed by atoms with Crippen molar-refractivity contribution < 1.29 is 4.79 Å². The maximum Gasteiger partial charge on any atom is 0.326 e. The van der Waals surface area contributed by atoms with Crippen LogP contribution in [0.25, 0.3) is 11.0 Å². The fourth-order valence-corrected chi connectivity index (χ4v) is 3.00. The fraction of sp³-hybridized carbons (Fsp3) is 0.300. The Balaban J connectivity index is 2.04. The lowest BCUT2D eigenvalue weighted by Gasteiger charge is -2.19. The van der Waals surface area contributed by atoms with Gasteiger partial charge in [-0.2, -0.15) is 0 Å². The third-order valence-electron chi connectivity index (χ3n) is 4.09. The second kappa shape index (κ2) is 6.80. The number of nitrogens with one attached hydrogen (secondary N) is 2. The molecule has 6 nitrogen and oxygen atoms in total. The van der Waals surface area contributed by atoms with Crippen LogP contribution >= 0.6 is 0 Å². The van der Waals surface area contributed by atoms with E-state index in [0.717, 1.165) is 5.56 Å². The summed E-state index contributed by atoms with van der Waals surface area (Å²) in [6.07, 6.45) is 0. The number of hydrogen-bond donors (Lipinski definition) is 3. The van der Waals surface area contributed by atoms with Gasteiger partial charge in [-0.05, 0) is 35.2 Å². The summed E-state index contributed by atoms with van der Waals surface area (Å²) in [7, 11) is 0. The first-order valence-electron chi connectivity index (χ1n) is 8.60. The molecule has 3 rings (SSSR count). The summed E-state index contributed by atoms with van der Waals surface area (Å²) in [5.41, 5.74) is 8.71. The summed E-state index contributed by atoms with van der Waals surface area (Å²) in [5, 5.41) is 2.90. The summed E-state index contributed by atoms with van der Waals surface area (Å²) in [6.45, 7) is 7.08. The van der Waals surface area contributed by atoms with Crippen LogP contribution in [0, 0.1) is 5.41 Å². The van der Waals surface area contributed by atoms with Crippen LogP contribution in [0.15, 0.2) is 47.3 Å². The van der Waals surface area contributed by atoms with E-state index in [1.54, 1.807) is 16.7 Å². The zero-order valence-electron chi connectivity index (χ0n) is 15.3. The maximum absolute atomic E-state index is 12.9. The number of rotatable bonds is 4. The van der Waals surface area contributed by atoms with Gasteiger partial charge in [0.05, 0.1) is 16.6 Å². The molecule has 0 spiro atoms. The van der Waals surface area contributed by atoms with E-state index in [0.29, 0.717) is 35.4 Å². The molecule has 0 aliphatic heterocycles. The molecule has 0 saturated heterocycles. The second-order valence-electron chi connectivity index (χ2n) is 7.64. The van der Waals surface area contributed by atoms with Crippen LogP contribution in [0.5, 0.6) is 0 Å². The SMILES string of the molecule is CC(C)(C)Cn1c(=O)[nH]c2cccc(C(=O)Nc3cccc(CN)c3)c21. The highest BCUT2D eigenvalue weighted by Gasteiger charge is 2.20. The molecule has 0 saturated carbocycles. The summed E-state index contributed by atoms with van der Waals surface area (Å²) in [5.74, 6) is -0.258. The van der Waals surface area contributed by atoms with E-state index in [4.69, 9.17) is 5.73 Å². The monoisotopic (exact) mass is 352 g/mol. The Morgan fingerprint density at radius 3 is 2.62 bits per heavy atom. The molecule has 1 amide bonds. The zero-order valence-corrected chi connectivity index (χ0v) is 15.3. The van der Waals surface area contributed by atoms with Crippen molar-refractivity contribution in [3.8, 4) is 0 Å². The molecule has 6 heteroatoms. The molecule has 4 N–H and O–H groups in total. The molecule has 26 heavy (non-hydrogen) atoms. The van der Waals surface area contributed by atoms with Gasteiger partial charge in [0.25, 0.3) is 5.91 Å². The van der Waals surface area contributed by atoms with Crippen molar-refractivity contribution >= 4 is 22.6 Å². The Morgan fingerprint density at radius 1 is 1.19 bits per heavy atom. The molecule has 2 aromatic carbocycles. The minimum Gasteiger partial charge on any atom is -0.326 e. The molecule has 1 heterocycles. The molecule has 0 aliphatic rings. The number of carbonyl (C=O) groups excluding carboxylic acids is 1. The van der Waals surface area contributed by atoms with Gasteiger partial charge in [-0.15, -0.1) is 0 Å².